The predicted octanol–water partition coefficient (Wildman–Crippen LogP) is 1.05. The lowest BCUT2D eigenvalue weighted by Crippen LogP contribution is -2.30. The van der Waals surface area contributed by atoms with Crippen LogP contribution in [0.4, 0.5) is 5.82 Å². The summed E-state index contributed by atoms with van der Waals surface area (Å²) in [7, 11) is 3.12. The molecule has 2 atom stereocenters. The molecule has 0 aliphatic carbocycles. The van der Waals surface area contributed by atoms with Gasteiger partial charge in [0.05, 0.1) is 12.9 Å². The number of aromatic nitrogens is 2. The number of nitrogens with one attached hydrogen (secondary N) is 1. The molecule has 0 aromatic carbocycles. The third-order valence-corrected chi connectivity index (χ3v) is 3.92. The van der Waals surface area contributed by atoms with E-state index in [2.05, 4.69) is 15.3 Å². The molecule has 1 aliphatic heterocycles. The second kappa shape index (κ2) is 8.32. The number of hydrogen-bond acceptors (Lipinski definition) is 8. The quantitative estimate of drug-likeness (QED) is 0.308. The number of nitrogens with zero attached hydrogens (tertiary/aromatic N) is 3. The Balaban J connectivity index is 2.13. The Kier molecular flexibility index (Phi) is 6.41. The number of rotatable bonds is 8. The van der Waals surface area contributed by atoms with Crippen LogP contribution in [0, 0.1) is 5.92 Å². The molecule has 1 aromatic rings. The van der Waals surface area contributed by atoms with E-state index in [1.54, 1.807) is 20.5 Å². The Morgan fingerprint density at radius 2 is 2.21 bits per heavy atom. The maximum Gasteiger partial charge on any atom is 0.302 e. The molecule has 0 saturated carbocycles. The van der Waals surface area contributed by atoms with Crippen molar-refractivity contribution in [3.63, 3.8) is 0 Å². The summed E-state index contributed by atoms with van der Waals surface area (Å²) in [5, 5.41) is 2.96. The van der Waals surface area contributed by atoms with Crippen LogP contribution in [0.1, 0.15) is 24.5 Å². The number of aliphatic imine (C=N–C) groups is 1. The summed E-state index contributed by atoms with van der Waals surface area (Å²) in [6.45, 7) is 2.12. The van der Waals surface area contributed by atoms with Crippen LogP contribution >= 0.6 is 11.6 Å². The van der Waals surface area contributed by atoms with Crippen LogP contribution in [0.15, 0.2) is 11.3 Å². The number of carbonyl (C=O) groups is 1. The minimum atomic E-state index is -0.625. The van der Waals surface area contributed by atoms with E-state index in [9.17, 15) is 4.79 Å². The Labute approximate surface area is 145 Å². The highest BCUT2D eigenvalue weighted by molar-refractivity contribution is 6.22. The summed E-state index contributed by atoms with van der Waals surface area (Å²) in [6, 6.07) is 0. The molecule has 1 aliphatic rings. The highest BCUT2D eigenvalue weighted by Crippen LogP contribution is 2.31. The second-order valence-corrected chi connectivity index (χ2v) is 5.82. The van der Waals surface area contributed by atoms with E-state index in [1.807, 2.05) is 4.57 Å². The van der Waals surface area contributed by atoms with Gasteiger partial charge in [-0.25, -0.2) is 9.98 Å². The van der Waals surface area contributed by atoms with Crippen LogP contribution in [-0.2, 0) is 25.5 Å². The first-order valence-corrected chi connectivity index (χ1v) is 7.86. The molecule has 0 bridgehead atoms. The van der Waals surface area contributed by atoms with Gasteiger partial charge in [0.15, 0.2) is 17.8 Å². The molecule has 0 spiro atoms. The van der Waals surface area contributed by atoms with Crippen LogP contribution in [-0.4, -0.2) is 48.6 Å². The van der Waals surface area contributed by atoms with E-state index in [0.717, 1.165) is 0 Å². The number of imidazole rings is 1. The van der Waals surface area contributed by atoms with Crippen molar-refractivity contribution in [3.8, 4) is 0 Å². The van der Waals surface area contributed by atoms with Gasteiger partial charge in [-0.05, 0) is 0 Å². The normalized spacial score (nSPS) is 17.9. The number of alkyl halides is 1. The van der Waals surface area contributed by atoms with Crippen LogP contribution < -0.4 is 11.1 Å². The van der Waals surface area contributed by atoms with Crippen LogP contribution in [0.2, 0.25) is 0 Å². The van der Waals surface area contributed by atoms with Gasteiger partial charge in [0.1, 0.15) is 11.5 Å². The van der Waals surface area contributed by atoms with Gasteiger partial charge in [0.2, 0.25) is 0 Å². The van der Waals surface area contributed by atoms with Gasteiger partial charge in [-0.2, -0.15) is 0 Å². The molecular formula is C14H22ClN5O4. The number of halogens is 1. The Bertz CT molecular complexity index is 602. The molecule has 2 heterocycles. The summed E-state index contributed by atoms with van der Waals surface area (Å²) in [5.41, 5.74) is 5.70. The molecule has 10 heteroatoms. The maximum absolute atomic E-state index is 11.1. The van der Waals surface area contributed by atoms with Crippen LogP contribution in [0.25, 0.3) is 0 Å². The van der Waals surface area contributed by atoms with Gasteiger partial charge in [0.25, 0.3) is 0 Å². The van der Waals surface area contributed by atoms with Gasteiger partial charge in [0, 0.05) is 40.0 Å². The molecule has 134 valence electrons. The van der Waals surface area contributed by atoms with E-state index in [1.165, 1.54) is 6.92 Å². The number of nitrogens with two attached hydrogens (primary N) is 1. The number of hydrogen-bond donors (Lipinski definition) is 2. The summed E-state index contributed by atoms with van der Waals surface area (Å²) in [6.07, 6.45) is 1.79. The van der Waals surface area contributed by atoms with Crippen molar-refractivity contribution in [3.05, 3.63) is 12.0 Å². The van der Waals surface area contributed by atoms with E-state index in [0.29, 0.717) is 24.5 Å². The summed E-state index contributed by atoms with van der Waals surface area (Å²) in [4.78, 5) is 19.4. The van der Waals surface area contributed by atoms with Crippen LogP contribution in [0.3, 0.4) is 0 Å². The first-order chi connectivity index (χ1) is 11.4. The number of esters is 1. The van der Waals surface area contributed by atoms with E-state index < -0.39 is 11.8 Å². The fraction of sp³-hybridized carbons (Fsp3) is 0.643. The van der Waals surface area contributed by atoms with Crippen LogP contribution in [0.5, 0.6) is 0 Å². The second-order valence-electron chi connectivity index (χ2n) is 5.41. The third kappa shape index (κ3) is 4.59. The predicted molar refractivity (Wildman–Crippen MR) is 88.6 cm³/mol. The van der Waals surface area contributed by atoms with Gasteiger partial charge < -0.3 is 29.8 Å². The van der Waals surface area contributed by atoms with E-state index in [4.69, 9.17) is 31.5 Å². The molecule has 3 N–H and O–H groups in total. The summed E-state index contributed by atoms with van der Waals surface area (Å²) >= 11 is 6.13. The Hall–Kier alpha value is -1.84. The van der Waals surface area contributed by atoms with Gasteiger partial charge in [-0.3, -0.25) is 4.79 Å². The van der Waals surface area contributed by atoms with Crippen molar-refractivity contribution in [2.75, 3.05) is 26.1 Å². The van der Waals surface area contributed by atoms with Crippen molar-refractivity contribution in [2.45, 2.75) is 31.7 Å². The molecule has 0 saturated heterocycles. The van der Waals surface area contributed by atoms with Crippen molar-refractivity contribution >= 4 is 29.3 Å². The molecule has 9 nitrogen and oxygen atoms in total. The molecule has 0 amide bonds. The topological polar surface area (TPSA) is 113 Å². The largest absolute Gasteiger partial charge is 0.466 e. The first kappa shape index (κ1) is 18.5. The fourth-order valence-corrected chi connectivity index (χ4v) is 2.72. The summed E-state index contributed by atoms with van der Waals surface area (Å²) < 4.78 is 17.5. The highest BCUT2D eigenvalue weighted by atomic mass is 35.5. The smallest absolute Gasteiger partial charge is 0.302 e. The maximum atomic E-state index is 11.1. The van der Waals surface area contributed by atoms with Gasteiger partial charge in [-0.1, -0.05) is 11.6 Å². The number of ether oxygens (including phenoxy) is 3. The Morgan fingerprint density at radius 1 is 1.50 bits per heavy atom. The van der Waals surface area contributed by atoms with Gasteiger partial charge in [-0.15, -0.1) is 0 Å². The minimum Gasteiger partial charge on any atom is -0.466 e. The molecule has 1 unspecified atom stereocenters. The Morgan fingerprint density at radius 3 is 2.83 bits per heavy atom. The average Bonchev–Trinajstić information content (AvgIpc) is 2.92. The molecule has 0 radical (unpaired) electrons. The standard InChI is InChI=1S/C14H22ClN5O4/c1-8(21)24-6-9(4-10(22-2)23-3)5-20-7-17-11-12(15)18-14(16)19-13(11)20/h7,9-10,12H,4-6H2,1-3H3,(H3,16,18,19)/t9-,12?/m1/s1. The number of carbonyl (C=O) groups excluding carboxylic acids is 1. The molecular weight excluding hydrogens is 338 g/mol. The zero-order valence-electron chi connectivity index (χ0n) is 13.9. The molecule has 1 aromatic heterocycles. The SMILES string of the molecule is COC(C[C@@H](COC(C)=O)Cn1cnc2c1NC(N)=NC2Cl)OC. The monoisotopic (exact) mass is 359 g/mol. The number of guanidine groups is 1. The highest BCUT2D eigenvalue weighted by Gasteiger charge is 2.26. The van der Waals surface area contributed by atoms with Crippen molar-refractivity contribution in [2.24, 2.45) is 16.6 Å². The first-order valence-electron chi connectivity index (χ1n) is 7.43. The summed E-state index contributed by atoms with van der Waals surface area (Å²) in [5.74, 6) is 0.524. The third-order valence-electron chi connectivity index (χ3n) is 3.62. The number of methoxy groups -OCH3 is 2. The van der Waals surface area contributed by atoms with Crippen molar-refractivity contribution < 1.29 is 19.0 Å². The zero-order chi connectivity index (χ0) is 17.7. The number of anilines is 1. The van der Waals surface area contributed by atoms with Crippen molar-refractivity contribution in [1.29, 1.82) is 0 Å². The van der Waals surface area contributed by atoms with E-state index >= 15 is 0 Å². The average molecular weight is 360 g/mol. The number of fused-ring (bicyclic) bond motifs is 1. The lowest BCUT2D eigenvalue weighted by Gasteiger charge is -2.24. The minimum absolute atomic E-state index is 0.0484. The van der Waals surface area contributed by atoms with Crippen molar-refractivity contribution in [1.82, 2.24) is 9.55 Å². The fourth-order valence-electron chi connectivity index (χ4n) is 2.45. The molecule has 0 fully saturated rings. The van der Waals surface area contributed by atoms with E-state index in [-0.39, 0.29) is 24.5 Å². The van der Waals surface area contributed by atoms with Gasteiger partial charge >= 0.3 is 5.97 Å². The zero-order valence-corrected chi connectivity index (χ0v) is 14.6. The molecule has 24 heavy (non-hydrogen) atoms. The lowest BCUT2D eigenvalue weighted by molar-refractivity contribution is -0.146. The molecule has 2 rings (SSSR count). The lowest BCUT2D eigenvalue weighted by atomic mass is 10.1.